The highest BCUT2D eigenvalue weighted by molar-refractivity contribution is 7.09. The second kappa shape index (κ2) is 8.08. The highest BCUT2D eigenvalue weighted by Gasteiger charge is 2.03. The topological polar surface area (TPSA) is 34.1 Å². The second-order valence-electron chi connectivity index (χ2n) is 5.92. The van der Waals surface area contributed by atoms with Crippen LogP contribution in [-0.4, -0.2) is 4.98 Å². The summed E-state index contributed by atoms with van der Waals surface area (Å²) in [6, 6.07) is 16.7. The average molecular weight is 338 g/mol. The Balaban J connectivity index is 1.45. The van der Waals surface area contributed by atoms with E-state index in [0.717, 1.165) is 29.5 Å². The van der Waals surface area contributed by atoms with Crippen molar-refractivity contribution in [1.29, 1.82) is 0 Å². The zero-order chi connectivity index (χ0) is 16.8. The molecule has 0 aliphatic rings. The minimum absolute atomic E-state index is 0.520. The van der Waals surface area contributed by atoms with Crippen molar-refractivity contribution >= 4 is 11.3 Å². The van der Waals surface area contributed by atoms with Gasteiger partial charge in [-0.05, 0) is 31.5 Å². The van der Waals surface area contributed by atoms with Gasteiger partial charge in [-0.1, -0.05) is 47.5 Å². The fourth-order valence-electron chi connectivity index (χ4n) is 2.32. The summed E-state index contributed by atoms with van der Waals surface area (Å²) in [5.74, 6) is 0.884. The molecule has 0 radical (unpaired) electrons. The first kappa shape index (κ1) is 16.7. The first-order chi connectivity index (χ1) is 11.7. The summed E-state index contributed by atoms with van der Waals surface area (Å²) in [4.78, 5) is 4.62. The lowest BCUT2D eigenvalue weighted by Gasteiger charge is -2.04. The van der Waals surface area contributed by atoms with Gasteiger partial charge in [0.05, 0.1) is 5.69 Å². The monoisotopic (exact) mass is 338 g/mol. The third-order valence-corrected chi connectivity index (χ3v) is 4.61. The van der Waals surface area contributed by atoms with Gasteiger partial charge in [0.2, 0.25) is 0 Å². The van der Waals surface area contributed by atoms with E-state index < -0.39 is 0 Å². The molecule has 0 aliphatic heterocycles. The molecule has 3 rings (SSSR count). The van der Waals surface area contributed by atoms with Crippen molar-refractivity contribution in [2.45, 2.75) is 33.5 Å². The fraction of sp³-hybridized carbons (Fsp3) is 0.250. The maximum absolute atomic E-state index is 5.77. The number of aromatic nitrogens is 1. The van der Waals surface area contributed by atoms with Crippen molar-refractivity contribution in [1.82, 2.24) is 10.3 Å². The van der Waals surface area contributed by atoms with E-state index in [-0.39, 0.29) is 0 Å². The minimum Gasteiger partial charge on any atom is -0.486 e. The smallest absolute Gasteiger partial charge is 0.140 e. The van der Waals surface area contributed by atoms with Crippen LogP contribution in [0, 0.1) is 13.8 Å². The SMILES string of the molecule is Cc1ccc(CNCc2csc(COc3ccc(C)cc3)n2)cc1. The van der Waals surface area contributed by atoms with Crippen LogP contribution in [0.1, 0.15) is 27.4 Å². The Kier molecular flexibility index (Phi) is 5.62. The molecule has 0 amide bonds. The molecule has 0 saturated carbocycles. The Labute approximate surface area is 147 Å². The maximum Gasteiger partial charge on any atom is 0.140 e. The van der Waals surface area contributed by atoms with Gasteiger partial charge in [0.25, 0.3) is 0 Å². The van der Waals surface area contributed by atoms with Crippen molar-refractivity contribution in [2.24, 2.45) is 0 Å². The Morgan fingerprint density at radius 2 is 1.58 bits per heavy atom. The third kappa shape index (κ3) is 4.91. The summed E-state index contributed by atoms with van der Waals surface area (Å²) < 4.78 is 5.77. The molecular weight excluding hydrogens is 316 g/mol. The number of rotatable bonds is 7. The second-order valence-corrected chi connectivity index (χ2v) is 6.87. The zero-order valence-corrected chi connectivity index (χ0v) is 14.9. The largest absolute Gasteiger partial charge is 0.486 e. The standard InChI is InChI=1S/C20H22N2OS/c1-15-3-7-17(8-4-15)11-21-12-18-14-24-20(22-18)13-23-19-9-5-16(2)6-10-19/h3-10,14,21H,11-13H2,1-2H3. The molecule has 124 valence electrons. The number of aryl methyl sites for hydroxylation is 2. The van der Waals surface area contributed by atoms with Gasteiger partial charge in [0.1, 0.15) is 17.4 Å². The molecule has 3 nitrogen and oxygen atoms in total. The average Bonchev–Trinajstić information content (AvgIpc) is 3.04. The number of hydrogen-bond donors (Lipinski definition) is 1. The fourth-order valence-corrected chi connectivity index (χ4v) is 3.02. The van der Waals surface area contributed by atoms with Crippen LogP contribution >= 0.6 is 11.3 Å². The van der Waals surface area contributed by atoms with Crippen LogP contribution in [0.25, 0.3) is 0 Å². The van der Waals surface area contributed by atoms with Gasteiger partial charge in [-0.3, -0.25) is 0 Å². The molecule has 0 spiro atoms. The first-order valence-corrected chi connectivity index (χ1v) is 8.96. The Bertz CT molecular complexity index is 763. The molecule has 1 heterocycles. The van der Waals surface area contributed by atoms with Gasteiger partial charge in [0, 0.05) is 18.5 Å². The number of benzene rings is 2. The van der Waals surface area contributed by atoms with E-state index >= 15 is 0 Å². The molecule has 4 heteroatoms. The summed E-state index contributed by atoms with van der Waals surface area (Å²) in [5, 5.41) is 6.53. The lowest BCUT2D eigenvalue weighted by Crippen LogP contribution is -2.13. The summed E-state index contributed by atoms with van der Waals surface area (Å²) in [6.07, 6.45) is 0. The lowest BCUT2D eigenvalue weighted by atomic mass is 10.1. The Hall–Kier alpha value is -2.17. The molecule has 0 unspecified atom stereocenters. The molecule has 0 fully saturated rings. The summed E-state index contributed by atoms with van der Waals surface area (Å²) in [5.41, 5.74) is 4.88. The highest BCUT2D eigenvalue weighted by atomic mass is 32.1. The molecular formula is C20H22N2OS. The van der Waals surface area contributed by atoms with Gasteiger partial charge < -0.3 is 10.1 Å². The highest BCUT2D eigenvalue weighted by Crippen LogP contribution is 2.16. The van der Waals surface area contributed by atoms with E-state index in [1.165, 1.54) is 16.7 Å². The molecule has 1 aromatic heterocycles. The zero-order valence-electron chi connectivity index (χ0n) is 14.1. The van der Waals surface area contributed by atoms with Gasteiger partial charge in [-0.25, -0.2) is 4.98 Å². The normalized spacial score (nSPS) is 10.8. The van der Waals surface area contributed by atoms with E-state index in [9.17, 15) is 0 Å². The van der Waals surface area contributed by atoms with Crippen LogP contribution in [0.4, 0.5) is 0 Å². The van der Waals surface area contributed by atoms with Crippen LogP contribution in [0.3, 0.4) is 0 Å². The van der Waals surface area contributed by atoms with Gasteiger partial charge in [-0.15, -0.1) is 11.3 Å². The van der Waals surface area contributed by atoms with Crippen molar-refractivity contribution in [2.75, 3.05) is 0 Å². The molecule has 24 heavy (non-hydrogen) atoms. The predicted molar refractivity (Wildman–Crippen MR) is 99.3 cm³/mol. The van der Waals surface area contributed by atoms with E-state index in [4.69, 9.17) is 4.74 Å². The minimum atomic E-state index is 0.520. The van der Waals surface area contributed by atoms with E-state index in [2.05, 4.69) is 65.9 Å². The predicted octanol–water partition coefficient (Wildman–Crippen LogP) is 4.63. The molecule has 3 aromatic rings. The Morgan fingerprint density at radius 3 is 2.29 bits per heavy atom. The van der Waals surface area contributed by atoms with E-state index in [0.29, 0.717) is 6.61 Å². The summed E-state index contributed by atoms with van der Waals surface area (Å²) in [7, 11) is 0. The number of ether oxygens (including phenoxy) is 1. The summed E-state index contributed by atoms with van der Waals surface area (Å²) in [6.45, 7) is 6.32. The van der Waals surface area contributed by atoms with Gasteiger partial charge in [-0.2, -0.15) is 0 Å². The van der Waals surface area contributed by atoms with Crippen LogP contribution in [0.5, 0.6) is 5.75 Å². The van der Waals surface area contributed by atoms with E-state index in [1.54, 1.807) is 11.3 Å². The molecule has 0 bridgehead atoms. The van der Waals surface area contributed by atoms with Crippen LogP contribution in [0.15, 0.2) is 53.9 Å². The molecule has 0 aliphatic carbocycles. The molecule has 0 saturated heterocycles. The Morgan fingerprint density at radius 1 is 0.917 bits per heavy atom. The van der Waals surface area contributed by atoms with Crippen LogP contribution in [-0.2, 0) is 19.7 Å². The molecule has 0 atom stereocenters. The summed E-state index contributed by atoms with van der Waals surface area (Å²) >= 11 is 1.64. The van der Waals surface area contributed by atoms with Crippen molar-refractivity contribution in [3.8, 4) is 5.75 Å². The third-order valence-electron chi connectivity index (χ3n) is 3.74. The number of nitrogens with zero attached hydrogens (tertiary/aromatic N) is 1. The first-order valence-electron chi connectivity index (χ1n) is 8.08. The number of nitrogens with one attached hydrogen (secondary N) is 1. The molecule has 1 N–H and O–H groups in total. The molecule has 2 aromatic carbocycles. The quantitative estimate of drug-likeness (QED) is 0.682. The van der Waals surface area contributed by atoms with Crippen LogP contribution in [0.2, 0.25) is 0 Å². The van der Waals surface area contributed by atoms with Crippen molar-refractivity contribution in [3.63, 3.8) is 0 Å². The van der Waals surface area contributed by atoms with Crippen molar-refractivity contribution in [3.05, 3.63) is 81.3 Å². The number of hydrogen-bond acceptors (Lipinski definition) is 4. The van der Waals surface area contributed by atoms with Crippen molar-refractivity contribution < 1.29 is 4.74 Å². The van der Waals surface area contributed by atoms with Gasteiger partial charge >= 0.3 is 0 Å². The maximum atomic E-state index is 5.77. The number of thiazole rings is 1. The van der Waals surface area contributed by atoms with Crippen LogP contribution < -0.4 is 10.1 Å². The van der Waals surface area contributed by atoms with Gasteiger partial charge in [0.15, 0.2) is 0 Å². The van der Waals surface area contributed by atoms with E-state index in [1.807, 2.05) is 12.1 Å². The lowest BCUT2D eigenvalue weighted by molar-refractivity contribution is 0.305.